The van der Waals surface area contributed by atoms with Crippen molar-refractivity contribution in [2.45, 2.75) is 27.2 Å². The predicted octanol–water partition coefficient (Wildman–Crippen LogP) is 3.57. The Bertz CT molecular complexity index is 688. The van der Waals surface area contributed by atoms with Crippen LogP contribution in [0.4, 0.5) is 23.0 Å². The molecule has 7 heteroatoms. The molecule has 0 fully saturated rings. The molecule has 2 N–H and O–H groups in total. The highest BCUT2D eigenvalue weighted by atomic mass is 16.6. The summed E-state index contributed by atoms with van der Waals surface area (Å²) >= 11 is 0. The minimum absolute atomic E-state index is 0.144. The molecule has 0 aliphatic heterocycles. The molecule has 0 saturated carbocycles. The summed E-state index contributed by atoms with van der Waals surface area (Å²) in [5, 5.41) is 17.3. The quantitative estimate of drug-likeness (QED) is 0.626. The fourth-order valence-electron chi connectivity index (χ4n) is 1.97. The van der Waals surface area contributed by atoms with Crippen molar-refractivity contribution in [3.8, 4) is 0 Å². The second kappa shape index (κ2) is 6.84. The summed E-state index contributed by atoms with van der Waals surface area (Å²) in [6.07, 6.45) is 2.16. The molecule has 0 amide bonds. The Balaban J connectivity index is 2.37. The van der Waals surface area contributed by atoms with E-state index < -0.39 is 4.92 Å². The van der Waals surface area contributed by atoms with Crippen molar-refractivity contribution in [2.75, 3.05) is 17.2 Å². The maximum absolute atomic E-state index is 11.4. The molecule has 2 aromatic rings. The van der Waals surface area contributed by atoms with Gasteiger partial charge in [-0.3, -0.25) is 10.1 Å². The van der Waals surface area contributed by atoms with Crippen LogP contribution < -0.4 is 10.6 Å². The van der Waals surface area contributed by atoms with Crippen molar-refractivity contribution in [1.29, 1.82) is 0 Å². The van der Waals surface area contributed by atoms with E-state index in [0.29, 0.717) is 6.54 Å². The summed E-state index contributed by atoms with van der Waals surface area (Å²) in [5.41, 5.74) is 2.87. The Labute approximate surface area is 129 Å². The van der Waals surface area contributed by atoms with Gasteiger partial charge in [0.15, 0.2) is 0 Å². The fraction of sp³-hybridized carbons (Fsp3) is 0.333. The summed E-state index contributed by atoms with van der Waals surface area (Å²) in [6, 6.07) is 5.76. The number of aromatic nitrogens is 2. The van der Waals surface area contributed by atoms with Crippen LogP contribution in [0.25, 0.3) is 0 Å². The second-order valence-corrected chi connectivity index (χ2v) is 5.03. The molecule has 0 spiro atoms. The summed E-state index contributed by atoms with van der Waals surface area (Å²) < 4.78 is 0. The Morgan fingerprint density at radius 2 is 1.91 bits per heavy atom. The summed E-state index contributed by atoms with van der Waals surface area (Å²) in [5.74, 6) is 0.412. The molecule has 2 rings (SSSR count). The van der Waals surface area contributed by atoms with Crippen LogP contribution in [-0.2, 0) is 0 Å². The Kier molecular flexibility index (Phi) is 4.88. The normalized spacial score (nSPS) is 10.3. The third-order valence-corrected chi connectivity index (χ3v) is 3.32. The van der Waals surface area contributed by atoms with Crippen LogP contribution >= 0.6 is 0 Å². The number of hydrogen-bond donors (Lipinski definition) is 2. The maximum Gasteiger partial charge on any atom is 0.353 e. The molecule has 1 aromatic carbocycles. The number of hydrogen-bond acceptors (Lipinski definition) is 6. The zero-order valence-electron chi connectivity index (χ0n) is 12.9. The van der Waals surface area contributed by atoms with Crippen molar-refractivity contribution < 1.29 is 4.92 Å². The summed E-state index contributed by atoms with van der Waals surface area (Å²) in [6.45, 7) is 6.59. The highest BCUT2D eigenvalue weighted by Crippen LogP contribution is 2.31. The lowest BCUT2D eigenvalue weighted by molar-refractivity contribution is -0.383. The Hall–Kier alpha value is -2.70. The minimum atomic E-state index is -0.471. The van der Waals surface area contributed by atoms with Crippen LogP contribution in [0.2, 0.25) is 0 Å². The molecule has 0 aliphatic rings. The highest BCUT2D eigenvalue weighted by Gasteiger charge is 2.22. The van der Waals surface area contributed by atoms with Gasteiger partial charge in [0.1, 0.15) is 6.33 Å². The van der Waals surface area contributed by atoms with Gasteiger partial charge in [0.25, 0.3) is 0 Å². The van der Waals surface area contributed by atoms with E-state index in [4.69, 9.17) is 0 Å². The van der Waals surface area contributed by atoms with Gasteiger partial charge in [0.05, 0.1) is 4.92 Å². The minimum Gasteiger partial charge on any atom is -0.364 e. The molecule has 0 bridgehead atoms. The van der Waals surface area contributed by atoms with Gasteiger partial charge in [-0.1, -0.05) is 13.0 Å². The maximum atomic E-state index is 11.4. The van der Waals surface area contributed by atoms with Gasteiger partial charge in [-0.15, -0.1) is 0 Å². The first-order chi connectivity index (χ1) is 10.5. The van der Waals surface area contributed by atoms with Gasteiger partial charge in [0.2, 0.25) is 11.6 Å². The molecule has 22 heavy (non-hydrogen) atoms. The molecule has 0 unspecified atom stereocenters. The lowest BCUT2D eigenvalue weighted by Gasteiger charge is -2.10. The second-order valence-electron chi connectivity index (χ2n) is 5.03. The van der Waals surface area contributed by atoms with Crippen LogP contribution in [0.5, 0.6) is 0 Å². The monoisotopic (exact) mass is 301 g/mol. The first-order valence-electron chi connectivity index (χ1n) is 7.10. The molecule has 0 aliphatic carbocycles. The van der Waals surface area contributed by atoms with E-state index in [1.807, 2.05) is 39.0 Å². The van der Waals surface area contributed by atoms with E-state index in [2.05, 4.69) is 20.6 Å². The summed E-state index contributed by atoms with van der Waals surface area (Å²) in [4.78, 5) is 18.9. The molecule has 1 heterocycles. The van der Waals surface area contributed by atoms with Crippen LogP contribution in [-0.4, -0.2) is 21.4 Å². The molecule has 0 saturated heterocycles. The van der Waals surface area contributed by atoms with Crippen molar-refractivity contribution in [2.24, 2.45) is 0 Å². The first kappa shape index (κ1) is 15.7. The van der Waals surface area contributed by atoms with Crippen molar-refractivity contribution in [3.05, 3.63) is 45.8 Å². The number of aryl methyl sites for hydroxylation is 2. The predicted molar refractivity (Wildman–Crippen MR) is 86.7 cm³/mol. The van der Waals surface area contributed by atoms with Gasteiger partial charge in [-0.25, -0.2) is 9.97 Å². The van der Waals surface area contributed by atoms with Crippen LogP contribution in [0.1, 0.15) is 24.5 Å². The zero-order valence-corrected chi connectivity index (χ0v) is 12.9. The van der Waals surface area contributed by atoms with Crippen molar-refractivity contribution in [3.63, 3.8) is 0 Å². The Morgan fingerprint density at radius 1 is 1.18 bits per heavy atom. The van der Waals surface area contributed by atoms with Gasteiger partial charge in [0, 0.05) is 12.2 Å². The van der Waals surface area contributed by atoms with E-state index in [-0.39, 0.29) is 17.3 Å². The van der Waals surface area contributed by atoms with Gasteiger partial charge in [-0.05, 0) is 43.5 Å². The molecule has 116 valence electrons. The molecular weight excluding hydrogens is 282 g/mol. The van der Waals surface area contributed by atoms with E-state index in [0.717, 1.165) is 23.2 Å². The van der Waals surface area contributed by atoms with Crippen molar-refractivity contribution >= 4 is 23.0 Å². The molecular formula is C15H19N5O2. The van der Waals surface area contributed by atoms with E-state index >= 15 is 0 Å². The number of nitrogens with zero attached hydrogens (tertiary/aromatic N) is 3. The van der Waals surface area contributed by atoms with Gasteiger partial charge >= 0.3 is 5.69 Å². The fourth-order valence-corrected chi connectivity index (χ4v) is 1.97. The third-order valence-electron chi connectivity index (χ3n) is 3.32. The third kappa shape index (κ3) is 3.49. The smallest absolute Gasteiger partial charge is 0.353 e. The topological polar surface area (TPSA) is 93.0 Å². The molecule has 0 radical (unpaired) electrons. The highest BCUT2D eigenvalue weighted by molar-refractivity contribution is 5.73. The summed E-state index contributed by atoms with van der Waals surface area (Å²) in [7, 11) is 0. The number of nitro groups is 1. The largest absolute Gasteiger partial charge is 0.364 e. The number of anilines is 3. The van der Waals surface area contributed by atoms with Crippen LogP contribution in [0.15, 0.2) is 24.5 Å². The van der Waals surface area contributed by atoms with Gasteiger partial charge in [-0.2, -0.15) is 0 Å². The molecule has 1 aromatic heterocycles. The number of nitrogens with one attached hydrogen (secondary N) is 2. The van der Waals surface area contributed by atoms with Crippen LogP contribution in [0.3, 0.4) is 0 Å². The van der Waals surface area contributed by atoms with Crippen molar-refractivity contribution in [1.82, 2.24) is 9.97 Å². The average Bonchev–Trinajstić information content (AvgIpc) is 2.48. The number of benzene rings is 1. The van der Waals surface area contributed by atoms with E-state index in [1.54, 1.807) is 0 Å². The number of rotatable bonds is 6. The first-order valence-corrected chi connectivity index (χ1v) is 7.10. The van der Waals surface area contributed by atoms with E-state index in [9.17, 15) is 10.1 Å². The average molecular weight is 301 g/mol. The Morgan fingerprint density at radius 3 is 2.55 bits per heavy atom. The molecule has 0 atom stereocenters. The van der Waals surface area contributed by atoms with Crippen LogP contribution in [0, 0.1) is 24.0 Å². The van der Waals surface area contributed by atoms with E-state index in [1.165, 1.54) is 6.33 Å². The standard InChI is InChI=1S/C15H19N5O2/c1-4-7-16-14-13(20(21)22)15(18-9-17-14)19-12-6-5-10(2)11(3)8-12/h5-6,8-9H,4,7H2,1-3H3,(H2,16,17,18,19). The lowest BCUT2D eigenvalue weighted by atomic mass is 10.1. The molecule has 7 nitrogen and oxygen atoms in total. The zero-order chi connectivity index (χ0) is 16.1. The lowest BCUT2D eigenvalue weighted by Crippen LogP contribution is -2.08. The SMILES string of the molecule is CCCNc1ncnc(Nc2ccc(C)c(C)c2)c1[N+](=O)[O-]. The van der Waals surface area contributed by atoms with Gasteiger partial charge < -0.3 is 10.6 Å².